The molecule has 0 aromatic heterocycles. The molecule has 0 heterocycles. The second-order valence-electron chi connectivity index (χ2n) is 9.17. The van der Waals surface area contributed by atoms with E-state index < -0.39 is 0 Å². The molecule has 1 amide bonds. The fourth-order valence-electron chi connectivity index (χ4n) is 3.21. The Kier molecular flexibility index (Phi) is 19.5. The number of unbranched alkanes of at least 4 members (excludes halogenated alkanes) is 7. The zero-order chi connectivity index (χ0) is 21.5. The third kappa shape index (κ3) is 16.4. The van der Waals surface area contributed by atoms with Crippen molar-refractivity contribution in [2.45, 2.75) is 77.4 Å². The van der Waals surface area contributed by atoms with Crippen molar-refractivity contribution < 1.29 is 44.7 Å². The normalized spacial score (nSPS) is 11.9. The number of carbonyl (C=O) groups is 1. The van der Waals surface area contributed by atoms with Crippen molar-refractivity contribution >= 4 is 5.91 Å². The number of benzene rings is 1. The molecule has 1 aromatic carbocycles. The van der Waals surface area contributed by atoms with Crippen molar-refractivity contribution in [3.8, 4) is 0 Å². The van der Waals surface area contributed by atoms with Gasteiger partial charge in [-0.25, -0.2) is 5.06 Å². The molecule has 0 spiro atoms. The van der Waals surface area contributed by atoms with Crippen LogP contribution in [0, 0.1) is 0 Å². The van der Waals surface area contributed by atoms with E-state index in [0.717, 1.165) is 29.4 Å². The Hall–Kier alpha value is -0.850. The summed E-state index contributed by atoms with van der Waals surface area (Å²) in [6.07, 6.45) is 11.0. The highest BCUT2D eigenvalue weighted by atomic mass is 35.5. The van der Waals surface area contributed by atoms with E-state index in [1.54, 1.807) is 5.06 Å². The lowest BCUT2D eigenvalue weighted by Crippen LogP contribution is -3.00. The maximum absolute atomic E-state index is 13.0. The van der Waals surface area contributed by atoms with Crippen molar-refractivity contribution in [1.82, 2.24) is 5.06 Å². The Labute approximate surface area is 203 Å². The van der Waals surface area contributed by atoms with E-state index >= 15 is 0 Å². The summed E-state index contributed by atoms with van der Waals surface area (Å²) in [6.45, 7) is 4.08. The van der Waals surface area contributed by atoms with Crippen molar-refractivity contribution in [3.63, 3.8) is 0 Å². The van der Waals surface area contributed by atoms with E-state index in [2.05, 4.69) is 33.8 Å². The zero-order valence-corrected chi connectivity index (χ0v) is 21.6. The lowest BCUT2D eigenvalue weighted by Gasteiger charge is -2.29. The van der Waals surface area contributed by atoms with Gasteiger partial charge in [0.25, 0.3) is 0 Å². The summed E-state index contributed by atoms with van der Waals surface area (Å²) in [7, 11) is 6.38. The van der Waals surface area contributed by atoms with Gasteiger partial charge in [0.05, 0.1) is 34.2 Å². The van der Waals surface area contributed by atoms with Gasteiger partial charge in [-0.1, -0.05) is 82.2 Å². The van der Waals surface area contributed by atoms with Gasteiger partial charge in [0, 0.05) is 6.42 Å². The molecule has 7 heteroatoms. The summed E-state index contributed by atoms with van der Waals surface area (Å²) < 4.78 is 0.790. The molecule has 1 unspecified atom stereocenters. The topological polar surface area (TPSA) is 57.2 Å². The molecule has 0 aliphatic rings. The minimum atomic E-state index is -0.238. The van der Waals surface area contributed by atoms with Crippen LogP contribution in [-0.4, -0.2) is 55.7 Å². The van der Waals surface area contributed by atoms with E-state index in [1.807, 2.05) is 30.3 Å². The highest BCUT2D eigenvalue weighted by Gasteiger charge is 2.26. The van der Waals surface area contributed by atoms with Crippen LogP contribution in [0.4, 0.5) is 0 Å². The van der Waals surface area contributed by atoms with E-state index in [0.29, 0.717) is 13.2 Å². The van der Waals surface area contributed by atoms with E-state index in [-0.39, 0.29) is 36.8 Å². The predicted octanol–water partition coefficient (Wildman–Crippen LogP) is -2.20. The maximum Gasteiger partial charge on any atom is 0.304 e. The number of quaternary nitrogens is 2. The first kappa shape index (κ1) is 32.3. The van der Waals surface area contributed by atoms with Gasteiger partial charge in [0.15, 0.2) is 6.04 Å². The SMILES string of the molecule is CCCCCCCCCCC([NH3+])C(=O)N(CC[N+](C)(C)C)OCc1ccccc1.[Cl-].[Cl-]. The molecule has 0 saturated carbocycles. The summed E-state index contributed by atoms with van der Waals surface area (Å²) in [5.74, 6) is 0.0114. The molecule has 1 rings (SSSR count). The summed E-state index contributed by atoms with van der Waals surface area (Å²) in [5, 5.41) is 1.55. The van der Waals surface area contributed by atoms with E-state index in [4.69, 9.17) is 4.84 Å². The lowest BCUT2D eigenvalue weighted by molar-refractivity contribution is -0.870. The highest BCUT2D eigenvalue weighted by molar-refractivity contribution is 5.79. The van der Waals surface area contributed by atoms with Crippen LogP contribution in [0.15, 0.2) is 30.3 Å². The van der Waals surface area contributed by atoms with Gasteiger partial charge >= 0.3 is 5.91 Å². The van der Waals surface area contributed by atoms with Gasteiger partial charge < -0.3 is 35.0 Å². The molecule has 0 fully saturated rings. The van der Waals surface area contributed by atoms with Crippen LogP contribution < -0.4 is 30.5 Å². The smallest absolute Gasteiger partial charge is 0.304 e. The molecule has 0 bridgehead atoms. The number of carbonyl (C=O) groups excluding carboxylic acids is 1. The van der Waals surface area contributed by atoms with Gasteiger partial charge in [-0.15, -0.1) is 0 Å². The molecule has 182 valence electrons. The summed E-state index contributed by atoms with van der Waals surface area (Å²) in [5.41, 5.74) is 5.21. The molecular weight excluding hydrogens is 433 g/mol. The molecule has 0 saturated heterocycles. The largest absolute Gasteiger partial charge is 1.00 e. The Morgan fingerprint density at radius 1 is 0.968 bits per heavy atom. The fourth-order valence-corrected chi connectivity index (χ4v) is 3.21. The number of amides is 1. The molecule has 3 N–H and O–H groups in total. The van der Waals surface area contributed by atoms with Crippen LogP contribution in [0.2, 0.25) is 0 Å². The van der Waals surface area contributed by atoms with Crippen molar-refractivity contribution in [1.29, 1.82) is 0 Å². The fraction of sp³-hybridized carbons (Fsp3) is 0.708. The molecular formula is C24H45Cl2N3O2. The van der Waals surface area contributed by atoms with Crippen LogP contribution in [0.5, 0.6) is 0 Å². The molecule has 1 atom stereocenters. The van der Waals surface area contributed by atoms with Crippen LogP contribution >= 0.6 is 0 Å². The third-order valence-corrected chi connectivity index (χ3v) is 5.20. The Morgan fingerprint density at radius 3 is 2.06 bits per heavy atom. The number of likely N-dealkylation sites (N-methyl/N-ethyl adjacent to an activating group) is 1. The van der Waals surface area contributed by atoms with E-state index in [9.17, 15) is 4.79 Å². The second-order valence-corrected chi connectivity index (χ2v) is 9.17. The molecule has 0 radical (unpaired) electrons. The quantitative estimate of drug-likeness (QED) is 0.167. The average molecular weight is 479 g/mol. The van der Waals surface area contributed by atoms with Gasteiger partial charge in [-0.2, -0.15) is 0 Å². The summed E-state index contributed by atoms with van der Waals surface area (Å²) in [6, 6.07) is 9.76. The minimum absolute atomic E-state index is 0. The Balaban J connectivity index is 0. The van der Waals surface area contributed by atoms with Crippen molar-refractivity contribution in [2.24, 2.45) is 0 Å². The first-order chi connectivity index (χ1) is 13.8. The van der Waals surface area contributed by atoms with Crippen molar-refractivity contribution in [3.05, 3.63) is 35.9 Å². The molecule has 0 aliphatic carbocycles. The maximum atomic E-state index is 13.0. The second kappa shape index (κ2) is 18.7. The molecule has 5 nitrogen and oxygen atoms in total. The van der Waals surface area contributed by atoms with Crippen molar-refractivity contribution in [2.75, 3.05) is 34.2 Å². The third-order valence-electron chi connectivity index (χ3n) is 5.20. The number of rotatable bonds is 16. The molecule has 0 aliphatic heterocycles. The summed E-state index contributed by atoms with van der Waals surface area (Å²) >= 11 is 0. The molecule has 31 heavy (non-hydrogen) atoms. The average Bonchev–Trinajstić information content (AvgIpc) is 2.69. The monoisotopic (exact) mass is 477 g/mol. The first-order valence-corrected chi connectivity index (χ1v) is 11.4. The first-order valence-electron chi connectivity index (χ1n) is 11.4. The van der Waals surface area contributed by atoms with Gasteiger partial charge in [0.1, 0.15) is 6.61 Å². The number of halogens is 2. The van der Waals surface area contributed by atoms with Crippen LogP contribution in [0.1, 0.15) is 70.3 Å². The number of nitrogens with zero attached hydrogens (tertiary/aromatic N) is 2. The predicted molar refractivity (Wildman–Crippen MR) is 120 cm³/mol. The van der Waals surface area contributed by atoms with Gasteiger partial charge in [-0.3, -0.25) is 9.63 Å². The zero-order valence-electron chi connectivity index (χ0n) is 20.1. The van der Waals surface area contributed by atoms with Crippen LogP contribution in [0.3, 0.4) is 0 Å². The van der Waals surface area contributed by atoms with Crippen LogP contribution in [0.25, 0.3) is 0 Å². The Morgan fingerprint density at radius 2 is 1.52 bits per heavy atom. The number of hydrogen-bond acceptors (Lipinski definition) is 2. The summed E-state index contributed by atoms with van der Waals surface area (Å²) in [4.78, 5) is 18.9. The highest BCUT2D eigenvalue weighted by Crippen LogP contribution is 2.11. The van der Waals surface area contributed by atoms with Gasteiger partial charge in [0.2, 0.25) is 0 Å². The lowest BCUT2D eigenvalue weighted by atomic mass is 10.0. The number of hydrogen-bond donors (Lipinski definition) is 1. The van der Waals surface area contributed by atoms with Crippen LogP contribution in [-0.2, 0) is 16.2 Å². The molecule has 1 aromatic rings. The minimum Gasteiger partial charge on any atom is -1.00 e. The van der Waals surface area contributed by atoms with E-state index in [1.165, 1.54) is 44.9 Å². The van der Waals surface area contributed by atoms with Gasteiger partial charge in [-0.05, 0) is 12.0 Å². The standard InChI is InChI=1S/C24H44N3O2.2ClH/c1-5-6-7-8-9-10-11-15-18-23(25)24(28)26(19-20-27(2,3)4)29-21-22-16-13-12-14-17-22;;/h12-14,16-17,23H,5-11,15,18-21,25H2,1-4H3;2*1H/q+1;;/p-1. The number of hydroxylamine groups is 2. The Bertz CT molecular complexity index is 554.